The summed E-state index contributed by atoms with van der Waals surface area (Å²) in [5, 5.41) is 2.77. The second kappa shape index (κ2) is 8.92. The van der Waals surface area contributed by atoms with Crippen molar-refractivity contribution in [1.29, 1.82) is 0 Å². The fourth-order valence-corrected chi connectivity index (χ4v) is 3.46. The second-order valence-corrected chi connectivity index (χ2v) is 7.69. The Kier molecular flexibility index (Phi) is 7.06. The van der Waals surface area contributed by atoms with E-state index in [-0.39, 0.29) is 41.8 Å². The molecule has 2 amide bonds. The minimum Gasteiger partial charge on any atom is -0.479 e. The number of likely N-dealkylation sites (tertiary alicyclic amines) is 1. The topological polar surface area (TPSA) is 102 Å². The normalized spacial score (nSPS) is 20.5. The van der Waals surface area contributed by atoms with E-state index < -0.39 is 12.1 Å². The maximum Gasteiger partial charge on any atom is 0.265 e. The van der Waals surface area contributed by atoms with Gasteiger partial charge in [0.05, 0.1) is 11.7 Å². The number of ether oxygens (including phenoxy) is 1. The predicted molar refractivity (Wildman–Crippen MR) is 109 cm³/mol. The number of fused-ring (bicyclic) bond motifs is 1. The lowest BCUT2D eigenvalue weighted by Crippen LogP contribution is -2.49. The van der Waals surface area contributed by atoms with Gasteiger partial charge < -0.3 is 20.7 Å². The van der Waals surface area contributed by atoms with Gasteiger partial charge in [0.1, 0.15) is 5.75 Å². The first-order valence-corrected chi connectivity index (χ1v) is 9.48. The van der Waals surface area contributed by atoms with Crippen LogP contribution in [0.4, 0.5) is 5.69 Å². The number of nitrogens with two attached hydrogens (primary N) is 1. The Bertz CT molecular complexity index is 760. The van der Waals surface area contributed by atoms with Crippen LogP contribution >= 0.6 is 12.4 Å². The van der Waals surface area contributed by atoms with Crippen LogP contribution in [-0.4, -0.2) is 47.7 Å². The van der Waals surface area contributed by atoms with Crippen LogP contribution < -0.4 is 15.8 Å². The minimum absolute atomic E-state index is 0. The van der Waals surface area contributed by atoms with Crippen molar-refractivity contribution in [2.75, 3.05) is 18.4 Å². The highest BCUT2D eigenvalue weighted by Crippen LogP contribution is 2.32. The van der Waals surface area contributed by atoms with Crippen molar-refractivity contribution in [2.45, 2.75) is 45.8 Å². The molecule has 0 spiro atoms. The summed E-state index contributed by atoms with van der Waals surface area (Å²) in [5.41, 5.74) is 7.04. The summed E-state index contributed by atoms with van der Waals surface area (Å²) in [7, 11) is 0. The van der Waals surface area contributed by atoms with E-state index in [1.165, 1.54) is 0 Å². The van der Waals surface area contributed by atoms with Gasteiger partial charge in [0, 0.05) is 24.6 Å². The van der Waals surface area contributed by atoms with Crippen molar-refractivity contribution in [1.82, 2.24) is 4.90 Å². The van der Waals surface area contributed by atoms with Crippen molar-refractivity contribution in [3.63, 3.8) is 0 Å². The molecule has 0 bridgehead atoms. The summed E-state index contributed by atoms with van der Waals surface area (Å²) < 4.78 is 5.53. The Labute approximate surface area is 171 Å². The van der Waals surface area contributed by atoms with E-state index >= 15 is 0 Å². The number of ketones is 1. The number of carbonyl (C=O) groups is 3. The monoisotopic (exact) mass is 409 g/mol. The molecule has 0 aromatic heterocycles. The highest BCUT2D eigenvalue weighted by Gasteiger charge is 2.31. The molecule has 3 rings (SSSR count). The van der Waals surface area contributed by atoms with Crippen molar-refractivity contribution in [2.24, 2.45) is 17.6 Å². The third kappa shape index (κ3) is 4.47. The van der Waals surface area contributed by atoms with E-state index in [4.69, 9.17) is 10.5 Å². The lowest BCUT2D eigenvalue weighted by Gasteiger charge is -2.33. The third-order valence-corrected chi connectivity index (χ3v) is 5.38. The first-order chi connectivity index (χ1) is 12.8. The summed E-state index contributed by atoms with van der Waals surface area (Å²) in [4.78, 5) is 38.8. The number of Topliss-reactive ketones (excluding diaryl/α,β-unsaturated/α-hetero) is 1. The molecular weight excluding hydrogens is 382 g/mol. The number of carbonyl (C=O) groups excluding carboxylic acids is 3. The summed E-state index contributed by atoms with van der Waals surface area (Å²) in [6, 6.07) is 4.63. The standard InChI is InChI=1S/C20H27N3O4.ClH/c1-11(2)17(21)20(26)23-8-6-13(7-9-23)18(24)14-4-5-16-15(10-14)22-19(25)12(3)27-16;/h4-5,10-13,17H,6-9,21H2,1-3H3,(H,22,25);1H/t12?,17-;/m0./s1. The molecule has 3 N–H and O–H groups in total. The van der Waals surface area contributed by atoms with Gasteiger partial charge in [-0.3, -0.25) is 14.4 Å². The maximum absolute atomic E-state index is 12.9. The number of nitrogens with one attached hydrogen (secondary N) is 1. The lowest BCUT2D eigenvalue weighted by molar-refractivity contribution is -0.134. The summed E-state index contributed by atoms with van der Waals surface area (Å²) in [6.45, 7) is 6.61. The smallest absolute Gasteiger partial charge is 0.265 e. The van der Waals surface area contributed by atoms with Crippen LogP contribution in [0.2, 0.25) is 0 Å². The number of nitrogens with zero attached hydrogens (tertiary/aromatic N) is 1. The van der Waals surface area contributed by atoms with E-state index in [0.29, 0.717) is 42.9 Å². The Balaban J connectivity index is 0.00000280. The molecule has 154 valence electrons. The van der Waals surface area contributed by atoms with Crippen LogP contribution in [0.3, 0.4) is 0 Å². The van der Waals surface area contributed by atoms with E-state index in [2.05, 4.69) is 5.32 Å². The number of rotatable bonds is 4. The zero-order chi connectivity index (χ0) is 19.7. The van der Waals surface area contributed by atoms with Crippen LogP contribution in [0.15, 0.2) is 18.2 Å². The maximum atomic E-state index is 12.9. The van der Waals surface area contributed by atoms with Crippen molar-refractivity contribution in [3.05, 3.63) is 23.8 Å². The lowest BCUT2D eigenvalue weighted by atomic mass is 9.88. The van der Waals surface area contributed by atoms with Gasteiger partial charge in [-0.2, -0.15) is 0 Å². The number of halogens is 1. The van der Waals surface area contributed by atoms with E-state index in [9.17, 15) is 14.4 Å². The van der Waals surface area contributed by atoms with Crippen molar-refractivity contribution < 1.29 is 19.1 Å². The van der Waals surface area contributed by atoms with Crippen molar-refractivity contribution in [3.8, 4) is 5.75 Å². The molecule has 1 aromatic carbocycles. The Morgan fingerprint density at radius 1 is 1.25 bits per heavy atom. The molecule has 28 heavy (non-hydrogen) atoms. The van der Waals surface area contributed by atoms with E-state index in [0.717, 1.165) is 0 Å². The van der Waals surface area contributed by atoms with Gasteiger partial charge in [0.25, 0.3) is 5.91 Å². The number of piperidine rings is 1. The molecule has 0 radical (unpaired) electrons. The van der Waals surface area contributed by atoms with E-state index in [1.54, 1.807) is 30.0 Å². The van der Waals surface area contributed by atoms with Crippen LogP contribution in [-0.2, 0) is 9.59 Å². The average molecular weight is 410 g/mol. The van der Waals surface area contributed by atoms with Crippen LogP contribution in [0.1, 0.15) is 44.0 Å². The summed E-state index contributed by atoms with van der Waals surface area (Å²) >= 11 is 0. The fraction of sp³-hybridized carbons (Fsp3) is 0.550. The molecule has 8 heteroatoms. The number of hydrogen-bond acceptors (Lipinski definition) is 5. The zero-order valence-electron chi connectivity index (χ0n) is 16.4. The second-order valence-electron chi connectivity index (χ2n) is 7.69. The van der Waals surface area contributed by atoms with Gasteiger partial charge in [-0.25, -0.2) is 0 Å². The first kappa shape index (κ1) is 22.2. The first-order valence-electron chi connectivity index (χ1n) is 9.48. The zero-order valence-corrected chi connectivity index (χ0v) is 17.3. The number of benzene rings is 1. The molecular formula is C20H28ClN3O4. The molecule has 2 aliphatic rings. The molecule has 7 nitrogen and oxygen atoms in total. The number of hydrogen-bond donors (Lipinski definition) is 2. The number of amides is 2. The van der Waals surface area contributed by atoms with Gasteiger partial charge >= 0.3 is 0 Å². The average Bonchev–Trinajstić information content (AvgIpc) is 2.67. The fourth-order valence-electron chi connectivity index (χ4n) is 3.46. The molecule has 1 fully saturated rings. The third-order valence-electron chi connectivity index (χ3n) is 5.38. The summed E-state index contributed by atoms with van der Waals surface area (Å²) in [6.07, 6.45) is 0.691. The molecule has 2 aliphatic heterocycles. The number of anilines is 1. The van der Waals surface area contributed by atoms with Crippen LogP contribution in [0.25, 0.3) is 0 Å². The van der Waals surface area contributed by atoms with Gasteiger partial charge in [-0.05, 0) is 43.9 Å². The van der Waals surface area contributed by atoms with E-state index in [1.807, 2.05) is 13.8 Å². The molecule has 1 aromatic rings. The molecule has 1 saturated heterocycles. The molecule has 0 aliphatic carbocycles. The molecule has 2 atom stereocenters. The Morgan fingerprint density at radius 3 is 2.50 bits per heavy atom. The van der Waals surface area contributed by atoms with Crippen LogP contribution in [0, 0.1) is 11.8 Å². The largest absolute Gasteiger partial charge is 0.479 e. The highest BCUT2D eigenvalue weighted by atomic mass is 35.5. The molecule has 1 unspecified atom stereocenters. The van der Waals surface area contributed by atoms with Gasteiger partial charge in [0.15, 0.2) is 11.9 Å². The highest BCUT2D eigenvalue weighted by molar-refractivity contribution is 6.02. The SMILES string of the molecule is CC1Oc2ccc(C(=O)C3CCN(C(=O)[C@@H](N)C(C)C)CC3)cc2NC1=O.Cl. The molecule has 2 heterocycles. The van der Waals surface area contributed by atoms with Gasteiger partial charge in [0.2, 0.25) is 5.91 Å². The molecule has 0 saturated carbocycles. The Hall–Kier alpha value is -2.12. The van der Waals surface area contributed by atoms with Gasteiger partial charge in [-0.15, -0.1) is 12.4 Å². The summed E-state index contributed by atoms with van der Waals surface area (Å²) in [5.74, 6) is 0.292. The van der Waals surface area contributed by atoms with Crippen LogP contribution in [0.5, 0.6) is 5.75 Å². The predicted octanol–water partition coefficient (Wildman–Crippen LogP) is 2.23. The quantitative estimate of drug-likeness (QED) is 0.742. The minimum atomic E-state index is -0.543. The van der Waals surface area contributed by atoms with Gasteiger partial charge in [-0.1, -0.05) is 13.8 Å². The Morgan fingerprint density at radius 2 is 1.89 bits per heavy atom. The van der Waals surface area contributed by atoms with Crippen molar-refractivity contribution >= 4 is 35.7 Å².